The van der Waals surface area contributed by atoms with Gasteiger partial charge in [0, 0.05) is 16.2 Å². The highest BCUT2D eigenvalue weighted by molar-refractivity contribution is 7.98. The lowest BCUT2D eigenvalue weighted by molar-refractivity contribution is 0.0955. The number of nitrogens with zero attached hydrogens (tertiary/aromatic N) is 1. The SMILES string of the molecule is CCOc1ccc(/C=N\NC(=O)c2ccc(CSc3ccccc3)cc2)cc1. The van der Waals surface area contributed by atoms with Crippen molar-refractivity contribution in [1.82, 2.24) is 5.43 Å². The maximum atomic E-state index is 12.2. The van der Waals surface area contributed by atoms with E-state index in [-0.39, 0.29) is 5.91 Å². The average molecular weight is 391 g/mol. The summed E-state index contributed by atoms with van der Waals surface area (Å²) in [4.78, 5) is 13.4. The third-order valence-corrected chi connectivity index (χ3v) is 5.02. The van der Waals surface area contributed by atoms with E-state index in [0.29, 0.717) is 12.2 Å². The van der Waals surface area contributed by atoms with Gasteiger partial charge in [-0.15, -0.1) is 11.8 Å². The summed E-state index contributed by atoms with van der Waals surface area (Å²) in [6, 6.07) is 25.4. The molecule has 1 amide bonds. The van der Waals surface area contributed by atoms with Gasteiger partial charge < -0.3 is 4.74 Å². The first-order valence-corrected chi connectivity index (χ1v) is 10.1. The molecule has 0 aliphatic heterocycles. The molecular formula is C23H22N2O2S. The van der Waals surface area contributed by atoms with Crippen LogP contribution in [-0.2, 0) is 5.75 Å². The largest absolute Gasteiger partial charge is 0.494 e. The molecule has 1 N–H and O–H groups in total. The van der Waals surface area contributed by atoms with Crippen molar-refractivity contribution in [1.29, 1.82) is 0 Å². The highest BCUT2D eigenvalue weighted by atomic mass is 32.2. The first kappa shape index (κ1) is 19.7. The van der Waals surface area contributed by atoms with Gasteiger partial charge in [-0.1, -0.05) is 30.3 Å². The number of hydrogen-bond donors (Lipinski definition) is 1. The van der Waals surface area contributed by atoms with Gasteiger partial charge in [0.25, 0.3) is 5.91 Å². The zero-order chi connectivity index (χ0) is 19.6. The number of carbonyl (C=O) groups is 1. The van der Waals surface area contributed by atoms with Crippen LogP contribution in [0.2, 0.25) is 0 Å². The monoisotopic (exact) mass is 390 g/mol. The van der Waals surface area contributed by atoms with Crippen molar-refractivity contribution in [2.24, 2.45) is 5.10 Å². The molecule has 0 aliphatic carbocycles. The fraction of sp³-hybridized carbons (Fsp3) is 0.130. The molecule has 0 fully saturated rings. The van der Waals surface area contributed by atoms with Crippen molar-refractivity contribution >= 4 is 23.9 Å². The molecule has 0 aromatic heterocycles. The van der Waals surface area contributed by atoms with Gasteiger partial charge >= 0.3 is 0 Å². The fourth-order valence-electron chi connectivity index (χ4n) is 2.48. The molecule has 0 aliphatic rings. The predicted octanol–water partition coefficient (Wildman–Crippen LogP) is 5.14. The van der Waals surface area contributed by atoms with E-state index >= 15 is 0 Å². The van der Waals surface area contributed by atoms with Gasteiger partial charge in [0.1, 0.15) is 5.75 Å². The van der Waals surface area contributed by atoms with Gasteiger partial charge in [-0.3, -0.25) is 4.79 Å². The Bertz CT molecular complexity index is 908. The maximum Gasteiger partial charge on any atom is 0.271 e. The zero-order valence-corrected chi connectivity index (χ0v) is 16.5. The van der Waals surface area contributed by atoms with Crippen LogP contribution in [0, 0.1) is 0 Å². The van der Waals surface area contributed by atoms with Crippen molar-refractivity contribution in [3.05, 3.63) is 95.6 Å². The molecule has 0 bridgehead atoms. The van der Waals surface area contributed by atoms with E-state index in [0.717, 1.165) is 17.1 Å². The van der Waals surface area contributed by atoms with E-state index in [4.69, 9.17) is 4.74 Å². The van der Waals surface area contributed by atoms with E-state index in [1.165, 1.54) is 10.5 Å². The second-order valence-corrected chi connectivity index (χ2v) is 7.05. The number of amides is 1. The first-order valence-electron chi connectivity index (χ1n) is 9.07. The number of ether oxygens (including phenoxy) is 1. The van der Waals surface area contributed by atoms with Gasteiger partial charge in [0.2, 0.25) is 0 Å². The van der Waals surface area contributed by atoms with Crippen LogP contribution >= 0.6 is 11.8 Å². The van der Waals surface area contributed by atoms with Crippen molar-refractivity contribution in [3.8, 4) is 5.75 Å². The molecule has 0 saturated carbocycles. The van der Waals surface area contributed by atoms with Crippen molar-refractivity contribution in [3.63, 3.8) is 0 Å². The standard InChI is InChI=1S/C23H22N2O2S/c1-2-27-21-14-10-18(11-15-21)16-24-25-23(26)20-12-8-19(9-13-20)17-28-22-6-4-3-5-7-22/h3-16H,2,17H2,1H3,(H,25,26)/b24-16-. The number of rotatable bonds is 8. The minimum Gasteiger partial charge on any atom is -0.494 e. The summed E-state index contributed by atoms with van der Waals surface area (Å²) in [6.45, 7) is 2.58. The Morgan fingerprint density at radius 3 is 2.39 bits per heavy atom. The summed E-state index contributed by atoms with van der Waals surface area (Å²) >= 11 is 1.77. The van der Waals surface area contributed by atoms with Crippen LogP contribution in [0.25, 0.3) is 0 Å². The second kappa shape index (κ2) is 10.3. The fourth-order valence-corrected chi connectivity index (χ4v) is 3.36. The number of carbonyl (C=O) groups excluding carboxylic acids is 1. The first-order chi connectivity index (χ1) is 13.7. The molecule has 5 heteroatoms. The van der Waals surface area contributed by atoms with Crippen LogP contribution < -0.4 is 10.2 Å². The smallest absolute Gasteiger partial charge is 0.271 e. The van der Waals surface area contributed by atoms with Gasteiger partial charge in [-0.2, -0.15) is 5.10 Å². The van der Waals surface area contributed by atoms with Crippen LogP contribution in [0.15, 0.2) is 88.9 Å². The second-order valence-electron chi connectivity index (χ2n) is 6.00. The Morgan fingerprint density at radius 2 is 1.71 bits per heavy atom. The molecule has 28 heavy (non-hydrogen) atoms. The normalized spacial score (nSPS) is 10.8. The molecule has 0 spiro atoms. The van der Waals surface area contributed by atoms with Gasteiger partial charge in [0.15, 0.2) is 0 Å². The lowest BCUT2D eigenvalue weighted by Gasteiger charge is -2.04. The zero-order valence-electron chi connectivity index (χ0n) is 15.7. The van der Waals surface area contributed by atoms with Gasteiger partial charge in [-0.05, 0) is 66.6 Å². The average Bonchev–Trinajstić information content (AvgIpc) is 2.75. The summed E-state index contributed by atoms with van der Waals surface area (Å²) in [7, 11) is 0. The molecule has 142 valence electrons. The Labute approximate surface area is 169 Å². The highest BCUT2D eigenvalue weighted by Crippen LogP contribution is 2.22. The third kappa shape index (κ3) is 5.99. The van der Waals surface area contributed by atoms with E-state index in [9.17, 15) is 4.79 Å². The number of hydrogen-bond acceptors (Lipinski definition) is 4. The molecule has 0 radical (unpaired) electrons. The third-order valence-electron chi connectivity index (χ3n) is 3.94. The maximum absolute atomic E-state index is 12.2. The quantitative estimate of drug-likeness (QED) is 0.329. The van der Waals surface area contributed by atoms with E-state index in [1.54, 1.807) is 18.0 Å². The molecule has 0 unspecified atom stereocenters. The van der Waals surface area contributed by atoms with E-state index in [1.807, 2.05) is 73.7 Å². The highest BCUT2D eigenvalue weighted by Gasteiger charge is 2.04. The molecule has 4 nitrogen and oxygen atoms in total. The number of nitrogens with one attached hydrogen (secondary N) is 1. The number of thioether (sulfide) groups is 1. The predicted molar refractivity (Wildman–Crippen MR) is 115 cm³/mol. The van der Waals surface area contributed by atoms with Crippen LogP contribution in [0.5, 0.6) is 5.75 Å². The van der Waals surface area contributed by atoms with Crippen LogP contribution in [0.3, 0.4) is 0 Å². The summed E-state index contributed by atoms with van der Waals surface area (Å²) in [5, 5.41) is 4.02. The van der Waals surface area contributed by atoms with Crippen molar-refractivity contribution in [2.45, 2.75) is 17.6 Å². The number of benzene rings is 3. The van der Waals surface area contributed by atoms with Crippen molar-refractivity contribution < 1.29 is 9.53 Å². The topological polar surface area (TPSA) is 50.7 Å². The Morgan fingerprint density at radius 1 is 1.00 bits per heavy atom. The van der Waals surface area contributed by atoms with Crippen LogP contribution in [-0.4, -0.2) is 18.7 Å². The lowest BCUT2D eigenvalue weighted by atomic mass is 10.1. The minimum atomic E-state index is -0.232. The summed E-state index contributed by atoms with van der Waals surface area (Å²) in [5.74, 6) is 1.44. The van der Waals surface area contributed by atoms with E-state index < -0.39 is 0 Å². The summed E-state index contributed by atoms with van der Waals surface area (Å²) in [5.41, 5.74) is 5.20. The summed E-state index contributed by atoms with van der Waals surface area (Å²) < 4.78 is 5.40. The minimum absolute atomic E-state index is 0.232. The molecular weight excluding hydrogens is 368 g/mol. The van der Waals surface area contributed by atoms with Gasteiger partial charge in [-0.25, -0.2) is 5.43 Å². The molecule has 3 aromatic rings. The van der Waals surface area contributed by atoms with Crippen LogP contribution in [0.4, 0.5) is 0 Å². The van der Waals surface area contributed by atoms with Gasteiger partial charge in [0.05, 0.1) is 12.8 Å². The van der Waals surface area contributed by atoms with Crippen LogP contribution in [0.1, 0.15) is 28.4 Å². The Kier molecular flexibility index (Phi) is 7.27. The Balaban J connectivity index is 1.50. The molecule has 3 aromatic carbocycles. The Hall–Kier alpha value is -3.05. The lowest BCUT2D eigenvalue weighted by Crippen LogP contribution is -2.17. The summed E-state index contributed by atoms with van der Waals surface area (Å²) in [6.07, 6.45) is 1.61. The van der Waals surface area contributed by atoms with E-state index in [2.05, 4.69) is 22.7 Å². The van der Waals surface area contributed by atoms with Crippen molar-refractivity contribution in [2.75, 3.05) is 6.61 Å². The molecule has 0 heterocycles. The molecule has 0 saturated heterocycles. The molecule has 3 rings (SSSR count). The number of hydrazone groups is 1. The molecule has 0 atom stereocenters.